The van der Waals surface area contributed by atoms with Gasteiger partial charge in [-0.2, -0.15) is 0 Å². The molecule has 0 unspecified atom stereocenters. The Bertz CT molecular complexity index is 655. The van der Waals surface area contributed by atoms with Crippen LogP contribution in [0.3, 0.4) is 0 Å². The fourth-order valence-electron chi connectivity index (χ4n) is 4.62. The highest BCUT2D eigenvalue weighted by atomic mass is 16.5. The maximum atomic E-state index is 12.0. The van der Waals surface area contributed by atoms with E-state index >= 15 is 0 Å². The molecule has 0 aromatic heterocycles. The molecule has 0 N–H and O–H groups in total. The van der Waals surface area contributed by atoms with Crippen molar-refractivity contribution in [3.8, 4) is 11.5 Å². The third-order valence-corrected chi connectivity index (χ3v) is 6.34. The van der Waals surface area contributed by atoms with Crippen LogP contribution >= 0.6 is 0 Å². The van der Waals surface area contributed by atoms with Gasteiger partial charge in [0.15, 0.2) is 11.5 Å². The Morgan fingerprint density at radius 3 is 2.80 bits per heavy atom. The van der Waals surface area contributed by atoms with E-state index in [-0.39, 0.29) is 5.41 Å². The van der Waals surface area contributed by atoms with Gasteiger partial charge in [-0.1, -0.05) is 6.07 Å². The second-order valence-electron chi connectivity index (χ2n) is 7.99. The van der Waals surface area contributed by atoms with Crippen molar-refractivity contribution >= 4 is 5.78 Å². The monoisotopic (exact) mass is 343 g/mol. The molecule has 3 aliphatic rings. The van der Waals surface area contributed by atoms with Gasteiger partial charge in [0.05, 0.1) is 13.2 Å². The number of nitrogens with zero attached hydrogens (tertiary/aromatic N) is 1. The predicted octanol–water partition coefficient (Wildman–Crippen LogP) is 3.57. The zero-order valence-electron chi connectivity index (χ0n) is 15.4. The van der Waals surface area contributed by atoms with Crippen molar-refractivity contribution in [1.82, 2.24) is 4.90 Å². The fraction of sp³-hybridized carbons (Fsp3) is 0.667. The highest BCUT2D eigenvalue weighted by molar-refractivity contribution is 5.81. The molecule has 25 heavy (non-hydrogen) atoms. The minimum absolute atomic E-state index is 0.0884. The number of hydrogen-bond donors (Lipinski definition) is 0. The minimum Gasteiger partial charge on any atom is -0.490 e. The molecule has 0 bridgehead atoms. The van der Waals surface area contributed by atoms with E-state index in [1.54, 1.807) is 0 Å². The van der Waals surface area contributed by atoms with E-state index in [1.807, 2.05) is 6.92 Å². The smallest absolute Gasteiger partial charge is 0.161 e. The molecule has 136 valence electrons. The van der Waals surface area contributed by atoms with Crippen molar-refractivity contribution in [2.75, 3.05) is 26.8 Å². The van der Waals surface area contributed by atoms with Gasteiger partial charge in [-0.15, -0.1) is 0 Å². The third-order valence-electron chi connectivity index (χ3n) is 6.34. The number of likely N-dealkylation sites (tertiary alicyclic amines) is 1. The summed E-state index contributed by atoms with van der Waals surface area (Å²) < 4.78 is 11.9. The molecule has 1 aliphatic heterocycles. The Balaban J connectivity index is 1.66. The lowest BCUT2D eigenvalue weighted by atomic mass is 9.66. The van der Waals surface area contributed by atoms with Crippen molar-refractivity contribution in [1.29, 1.82) is 0 Å². The molecular weight excluding hydrogens is 314 g/mol. The molecule has 1 heterocycles. The summed E-state index contributed by atoms with van der Waals surface area (Å²) >= 11 is 0. The van der Waals surface area contributed by atoms with E-state index in [0.29, 0.717) is 37.2 Å². The number of Topliss-reactive ketones (excluding diaryl/α,β-unsaturated/α-hetero) is 1. The summed E-state index contributed by atoms with van der Waals surface area (Å²) in [5.74, 6) is 2.85. The lowest BCUT2D eigenvalue weighted by Gasteiger charge is -2.41. The Hall–Kier alpha value is -1.55. The molecule has 4 rings (SSSR count). The molecule has 1 saturated heterocycles. The minimum atomic E-state index is 0.0884. The predicted molar refractivity (Wildman–Crippen MR) is 97.4 cm³/mol. The Morgan fingerprint density at radius 1 is 1.20 bits per heavy atom. The molecule has 2 saturated carbocycles. The average molecular weight is 343 g/mol. The summed E-state index contributed by atoms with van der Waals surface area (Å²) in [6.07, 6.45) is 6.03. The van der Waals surface area contributed by atoms with Crippen LogP contribution in [0.15, 0.2) is 18.2 Å². The molecule has 3 fully saturated rings. The summed E-state index contributed by atoms with van der Waals surface area (Å²) in [4.78, 5) is 14.4. The van der Waals surface area contributed by atoms with E-state index in [1.165, 1.54) is 18.4 Å². The largest absolute Gasteiger partial charge is 0.490 e. The number of rotatable bonds is 6. The first-order valence-corrected chi connectivity index (χ1v) is 9.74. The summed E-state index contributed by atoms with van der Waals surface area (Å²) in [5.41, 5.74) is 1.41. The lowest BCUT2D eigenvalue weighted by Crippen LogP contribution is -2.46. The van der Waals surface area contributed by atoms with Crippen LogP contribution in [0.1, 0.15) is 51.0 Å². The first-order valence-electron chi connectivity index (χ1n) is 9.74. The Labute approximate surface area is 150 Å². The molecule has 2 aliphatic carbocycles. The number of ether oxygens (including phenoxy) is 2. The van der Waals surface area contributed by atoms with Gasteiger partial charge < -0.3 is 14.4 Å². The van der Waals surface area contributed by atoms with Crippen molar-refractivity contribution in [3.63, 3.8) is 0 Å². The van der Waals surface area contributed by atoms with E-state index < -0.39 is 0 Å². The zero-order chi connectivity index (χ0) is 17.4. The fourth-order valence-corrected chi connectivity index (χ4v) is 4.62. The summed E-state index contributed by atoms with van der Waals surface area (Å²) in [6, 6.07) is 6.80. The van der Waals surface area contributed by atoms with Gasteiger partial charge in [0.25, 0.3) is 0 Å². The van der Waals surface area contributed by atoms with Crippen LogP contribution in [0.25, 0.3) is 0 Å². The van der Waals surface area contributed by atoms with Crippen LogP contribution in [0, 0.1) is 5.92 Å². The molecular formula is C21H29NO3. The van der Waals surface area contributed by atoms with Crippen molar-refractivity contribution < 1.29 is 14.3 Å². The quantitative estimate of drug-likeness (QED) is 0.791. The Kier molecular flexibility index (Phi) is 4.48. The average Bonchev–Trinajstić information content (AvgIpc) is 3.39. The van der Waals surface area contributed by atoms with Crippen LogP contribution < -0.4 is 9.47 Å². The number of ketones is 1. The number of likely N-dealkylation sites (N-methyl/N-ethyl adjacent to an activating group) is 1. The Morgan fingerprint density at radius 2 is 2.04 bits per heavy atom. The molecule has 0 radical (unpaired) electrons. The highest BCUT2D eigenvalue weighted by Gasteiger charge is 2.50. The summed E-state index contributed by atoms with van der Waals surface area (Å²) in [6.45, 7) is 4.50. The van der Waals surface area contributed by atoms with E-state index in [0.717, 1.165) is 37.5 Å². The first kappa shape index (κ1) is 16.9. The van der Waals surface area contributed by atoms with Gasteiger partial charge in [-0.3, -0.25) is 4.79 Å². The van der Waals surface area contributed by atoms with E-state index in [4.69, 9.17) is 9.47 Å². The molecule has 2 atom stereocenters. The highest BCUT2D eigenvalue weighted by Crippen LogP contribution is 2.49. The van der Waals surface area contributed by atoms with Crippen LogP contribution in [-0.2, 0) is 10.2 Å². The van der Waals surface area contributed by atoms with Crippen LogP contribution in [0.2, 0.25) is 0 Å². The maximum Gasteiger partial charge on any atom is 0.161 e. The SMILES string of the molecule is CCOc1ccc([C@@]23CCC(=O)C[C@@H]2N(C)CC3)cc1OCC1CC1. The standard InChI is InChI=1S/C21H29NO3/c1-3-24-18-7-6-16(12-19(18)25-14-15-4-5-15)21-9-8-17(23)13-20(21)22(2)11-10-21/h6-7,12,15,20H,3-5,8-11,13-14H2,1-2H3/t20-,21-/m0/s1. The zero-order valence-corrected chi connectivity index (χ0v) is 15.4. The molecule has 0 spiro atoms. The number of fused-ring (bicyclic) bond motifs is 1. The van der Waals surface area contributed by atoms with Crippen LogP contribution in [0.4, 0.5) is 0 Å². The van der Waals surface area contributed by atoms with Crippen molar-refractivity contribution in [2.24, 2.45) is 5.92 Å². The third kappa shape index (κ3) is 3.17. The lowest BCUT2D eigenvalue weighted by molar-refractivity contribution is -0.122. The van der Waals surface area contributed by atoms with Gasteiger partial charge >= 0.3 is 0 Å². The number of hydrogen-bond acceptors (Lipinski definition) is 4. The molecule has 4 heteroatoms. The van der Waals surface area contributed by atoms with Gasteiger partial charge in [-0.05, 0) is 69.8 Å². The van der Waals surface area contributed by atoms with E-state index in [2.05, 4.69) is 30.1 Å². The van der Waals surface area contributed by atoms with Crippen LogP contribution in [0.5, 0.6) is 11.5 Å². The summed E-state index contributed by atoms with van der Waals surface area (Å²) in [7, 11) is 2.16. The van der Waals surface area contributed by atoms with Gasteiger partial charge in [0.1, 0.15) is 5.78 Å². The number of carbonyl (C=O) groups is 1. The second-order valence-corrected chi connectivity index (χ2v) is 7.99. The van der Waals surface area contributed by atoms with E-state index in [9.17, 15) is 4.79 Å². The van der Waals surface area contributed by atoms with Crippen molar-refractivity contribution in [2.45, 2.75) is 56.9 Å². The topological polar surface area (TPSA) is 38.8 Å². The first-order chi connectivity index (χ1) is 12.1. The van der Waals surface area contributed by atoms with Crippen molar-refractivity contribution in [3.05, 3.63) is 23.8 Å². The summed E-state index contributed by atoms with van der Waals surface area (Å²) in [5, 5.41) is 0. The van der Waals surface area contributed by atoms with Crippen LogP contribution in [-0.4, -0.2) is 43.5 Å². The molecule has 0 amide bonds. The number of benzene rings is 1. The molecule has 1 aromatic carbocycles. The van der Waals surface area contributed by atoms with Gasteiger partial charge in [0.2, 0.25) is 0 Å². The molecule has 1 aromatic rings. The van der Waals surface area contributed by atoms with Gasteiger partial charge in [-0.25, -0.2) is 0 Å². The van der Waals surface area contributed by atoms with Gasteiger partial charge in [0, 0.05) is 24.3 Å². The number of carbonyl (C=O) groups excluding carboxylic acids is 1. The maximum absolute atomic E-state index is 12.0. The molecule has 4 nitrogen and oxygen atoms in total. The second kappa shape index (κ2) is 6.64. The normalized spacial score (nSPS) is 29.5.